The van der Waals surface area contributed by atoms with E-state index in [0.717, 1.165) is 24.5 Å². The first-order chi connectivity index (χ1) is 8.63. The van der Waals surface area contributed by atoms with Crippen LogP contribution in [0.5, 0.6) is 0 Å². The van der Waals surface area contributed by atoms with Crippen molar-refractivity contribution in [3.05, 3.63) is 35.4 Å². The fourth-order valence-corrected chi connectivity index (χ4v) is 2.39. The van der Waals surface area contributed by atoms with Crippen molar-refractivity contribution in [2.45, 2.75) is 12.7 Å². The Morgan fingerprint density at radius 1 is 1.39 bits per heavy atom. The average Bonchev–Trinajstić information content (AvgIpc) is 2.35. The molecule has 0 spiro atoms. The highest BCUT2D eigenvalue weighted by atomic mass is 32.2. The number of hydrogen-bond acceptors (Lipinski definition) is 3. The van der Waals surface area contributed by atoms with Gasteiger partial charge < -0.3 is 10.1 Å². The van der Waals surface area contributed by atoms with Crippen molar-refractivity contribution in [3.63, 3.8) is 0 Å². The van der Waals surface area contributed by atoms with Gasteiger partial charge in [0.25, 0.3) is 5.91 Å². The van der Waals surface area contributed by atoms with Gasteiger partial charge in [0.2, 0.25) is 0 Å². The molecular formula is C14H19NO2S. The van der Waals surface area contributed by atoms with E-state index >= 15 is 0 Å². The molecule has 1 aliphatic rings. The molecular weight excluding hydrogens is 246 g/mol. The zero-order valence-corrected chi connectivity index (χ0v) is 11.7. The Balaban J connectivity index is 1.88. The number of rotatable bonds is 5. The van der Waals surface area contributed by atoms with E-state index in [2.05, 4.69) is 18.5 Å². The molecule has 0 radical (unpaired) electrons. The summed E-state index contributed by atoms with van der Waals surface area (Å²) in [5.41, 5.74) is 2.09. The predicted molar refractivity (Wildman–Crippen MR) is 74.9 cm³/mol. The first-order valence-electron chi connectivity index (χ1n) is 6.07. The van der Waals surface area contributed by atoms with Crippen LogP contribution in [0.3, 0.4) is 0 Å². The highest BCUT2D eigenvalue weighted by molar-refractivity contribution is 7.97. The maximum Gasteiger partial charge on any atom is 0.251 e. The number of carbonyl (C=O) groups excluding carboxylic acids is 1. The molecule has 0 aromatic heterocycles. The molecule has 0 saturated carbocycles. The van der Waals surface area contributed by atoms with Crippen molar-refractivity contribution < 1.29 is 9.53 Å². The van der Waals surface area contributed by atoms with E-state index < -0.39 is 0 Å². The third-order valence-corrected chi connectivity index (χ3v) is 3.73. The summed E-state index contributed by atoms with van der Waals surface area (Å²) in [4.78, 5) is 11.9. The van der Waals surface area contributed by atoms with Crippen molar-refractivity contribution >= 4 is 17.7 Å². The van der Waals surface area contributed by atoms with Crippen LogP contribution in [0.2, 0.25) is 0 Å². The van der Waals surface area contributed by atoms with Crippen LogP contribution in [0.4, 0.5) is 0 Å². The molecule has 18 heavy (non-hydrogen) atoms. The summed E-state index contributed by atoms with van der Waals surface area (Å²) in [6.07, 6.45) is 2.07. The molecule has 1 aromatic rings. The number of hydrogen-bond donors (Lipinski definition) is 1. The minimum absolute atomic E-state index is 0.00109. The van der Waals surface area contributed by atoms with Gasteiger partial charge in [-0.05, 0) is 24.0 Å². The zero-order valence-electron chi connectivity index (χ0n) is 10.9. The fraction of sp³-hybridized carbons (Fsp3) is 0.500. The second kappa shape index (κ2) is 5.76. The lowest BCUT2D eigenvalue weighted by atomic mass is 9.88. The van der Waals surface area contributed by atoms with Crippen LogP contribution in [-0.2, 0) is 10.5 Å². The Kier molecular flexibility index (Phi) is 4.30. The summed E-state index contributed by atoms with van der Waals surface area (Å²) < 4.78 is 5.16. The number of benzene rings is 1. The number of amides is 1. The van der Waals surface area contributed by atoms with Gasteiger partial charge in [-0.25, -0.2) is 0 Å². The van der Waals surface area contributed by atoms with Gasteiger partial charge in [-0.15, -0.1) is 0 Å². The van der Waals surface area contributed by atoms with Crippen LogP contribution >= 0.6 is 11.8 Å². The molecule has 1 heterocycles. The summed E-state index contributed by atoms with van der Waals surface area (Å²) in [6, 6.07) is 7.81. The van der Waals surface area contributed by atoms with E-state index in [1.54, 1.807) is 11.8 Å². The second-order valence-corrected chi connectivity index (χ2v) is 5.98. The molecule has 0 atom stereocenters. The summed E-state index contributed by atoms with van der Waals surface area (Å²) >= 11 is 1.78. The quantitative estimate of drug-likeness (QED) is 0.888. The van der Waals surface area contributed by atoms with Crippen molar-refractivity contribution in [3.8, 4) is 0 Å². The Morgan fingerprint density at radius 3 is 2.56 bits per heavy atom. The maximum absolute atomic E-state index is 11.9. The van der Waals surface area contributed by atoms with Crippen molar-refractivity contribution in [2.24, 2.45) is 5.41 Å². The van der Waals surface area contributed by atoms with Crippen LogP contribution in [0, 0.1) is 5.41 Å². The van der Waals surface area contributed by atoms with Gasteiger partial charge in [0.05, 0.1) is 13.2 Å². The second-order valence-electron chi connectivity index (χ2n) is 5.12. The minimum Gasteiger partial charge on any atom is -0.380 e. The van der Waals surface area contributed by atoms with E-state index in [4.69, 9.17) is 4.74 Å². The standard InChI is InChI=1S/C14H19NO2S/c1-14(9-17-10-14)8-15-13(16)12-5-3-11(4-6-12)7-18-2/h3-6H,7-10H2,1-2H3,(H,15,16). The van der Waals surface area contributed by atoms with Crippen LogP contribution in [0.25, 0.3) is 0 Å². The molecule has 0 aliphatic carbocycles. The van der Waals surface area contributed by atoms with Crippen LogP contribution < -0.4 is 5.32 Å². The highest BCUT2D eigenvalue weighted by Gasteiger charge is 2.33. The molecule has 2 rings (SSSR count). The largest absolute Gasteiger partial charge is 0.380 e. The molecule has 1 aromatic carbocycles. The third-order valence-electron chi connectivity index (χ3n) is 3.10. The van der Waals surface area contributed by atoms with E-state index in [0.29, 0.717) is 6.54 Å². The van der Waals surface area contributed by atoms with Gasteiger partial charge in [-0.2, -0.15) is 11.8 Å². The Morgan fingerprint density at radius 2 is 2.06 bits per heavy atom. The lowest BCUT2D eigenvalue weighted by Gasteiger charge is -2.38. The average molecular weight is 265 g/mol. The highest BCUT2D eigenvalue weighted by Crippen LogP contribution is 2.25. The molecule has 1 amide bonds. The molecule has 1 saturated heterocycles. The molecule has 0 bridgehead atoms. The molecule has 1 N–H and O–H groups in total. The lowest BCUT2D eigenvalue weighted by Crippen LogP contribution is -2.48. The van der Waals surface area contributed by atoms with E-state index in [1.807, 2.05) is 24.3 Å². The SMILES string of the molecule is CSCc1ccc(C(=O)NCC2(C)COC2)cc1. The lowest BCUT2D eigenvalue weighted by molar-refractivity contribution is -0.0978. The third kappa shape index (κ3) is 3.27. The van der Waals surface area contributed by atoms with Gasteiger partial charge in [-0.1, -0.05) is 19.1 Å². The van der Waals surface area contributed by atoms with Gasteiger partial charge >= 0.3 is 0 Å². The first-order valence-corrected chi connectivity index (χ1v) is 7.46. The Labute approximate surface area is 112 Å². The topological polar surface area (TPSA) is 38.3 Å². The molecule has 98 valence electrons. The van der Waals surface area contributed by atoms with Gasteiger partial charge in [0, 0.05) is 23.3 Å². The molecule has 1 fully saturated rings. The minimum atomic E-state index is -0.00109. The van der Waals surface area contributed by atoms with E-state index in [1.165, 1.54) is 5.56 Å². The zero-order chi connectivity index (χ0) is 13.0. The fourth-order valence-electron chi connectivity index (χ4n) is 1.87. The number of carbonyl (C=O) groups is 1. The van der Waals surface area contributed by atoms with E-state index in [9.17, 15) is 4.79 Å². The summed E-state index contributed by atoms with van der Waals surface area (Å²) in [6.45, 7) is 4.27. The van der Waals surface area contributed by atoms with Gasteiger partial charge in [0.15, 0.2) is 0 Å². The van der Waals surface area contributed by atoms with Crippen LogP contribution in [0.15, 0.2) is 24.3 Å². The monoisotopic (exact) mass is 265 g/mol. The number of thioether (sulfide) groups is 1. The van der Waals surface area contributed by atoms with Gasteiger partial charge in [0.1, 0.15) is 0 Å². The van der Waals surface area contributed by atoms with Crippen molar-refractivity contribution in [1.82, 2.24) is 5.32 Å². The van der Waals surface area contributed by atoms with Crippen molar-refractivity contribution in [1.29, 1.82) is 0 Å². The van der Waals surface area contributed by atoms with Crippen molar-refractivity contribution in [2.75, 3.05) is 26.0 Å². The smallest absolute Gasteiger partial charge is 0.251 e. The Hall–Kier alpha value is -1.00. The molecule has 4 heteroatoms. The van der Waals surface area contributed by atoms with Crippen LogP contribution in [-0.4, -0.2) is 31.9 Å². The van der Waals surface area contributed by atoms with E-state index in [-0.39, 0.29) is 11.3 Å². The first kappa shape index (κ1) is 13.4. The summed E-state index contributed by atoms with van der Waals surface area (Å²) in [7, 11) is 0. The molecule has 3 nitrogen and oxygen atoms in total. The van der Waals surface area contributed by atoms with Crippen LogP contribution in [0.1, 0.15) is 22.8 Å². The Bertz CT molecular complexity index is 412. The predicted octanol–water partition coefficient (Wildman–Crippen LogP) is 2.32. The van der Waals surface area contributed by atoms with Gasteiger partial charge in [-0.3, -0.25) is 4.79 Å². The summed E-state index contributed by atoms with van der Waals surface area (Å²) in [5.74, 6) is 0.982. The number of nitrogens with one attached hydrogen (secondary N) is 1. The normalized spacial score (nSPS) is 17.0. The maximum atomic E-state index is 11.9. The molecule has 0 unspecified atom stereocenters. The number of ether oxygens (including phenoxy) is 1. The molecule has 1 aliphatic heterocycles. The summed E-state index contributed by atoms with van der Waals surface area (Å²) in [5, 5.41) is 2.97.